The first-order valence-corrected chi connectivity index (χ1v) is 9.22. The number of hydrogen-bond acceptors (Lipinski definition) is 4. The van der Waals surface area contributed by atoms with Crippen LogP contribution in [-0.4, -0.2) is 26.1 Å². The molecule has 3 aromatic carbocycles. The third-order valence-electron chi connectivity index (χ3n) is 4.79. The van der Waals surface area contributed by atoms with Gasteiger partial charge in [0.15, 0.2) is 0 Å². The number of tetrazole rings is 1. The quantitative estimate of drug-likeness (QED) is 0.581. The molecule has 140 valence electrons. The lowest BCUT2D eigenvalue weighted by atomic mass is 10.00. The van der Waals surface area contributed by atoms with Crippen LogP contribution in [0.15, 0.2) is 66.7 Å². The molecule has 1 N–H and O–H groups in total. The van der Waals surface area contributed by atoms with Crippen molar-refractivity contribution in [3.8, 4) is 11.4 Å². The summed E-state index contributed by atoms with van der Waals surface area (Å²) in [6.45, 7) is 4.00. The van der Waals surface area contributed by atoms with Gasteiger partial charge >= 0.3 is 0 Å². The molecule has 0 saturated heterocycles. The molecule has 4 rings (SSSR count). The van der Waals surface area contributed by atoms with Crippen LogP contribution in [0.3, 0.4) is 0 Å². The minimum atomic E-state index is -0.158. The molecule has 1 heterocycles. The van der Waals surface area contributed by atoms with E-state index in [-0.39, 0.29) is 18.5 Å². The van der Waals surface area contributed by atoms with Crippen LogP contribution in [-0.2, 0) is 11.3 Å². The van der Waals surface area contributed by atoms with E-state index in [1.54, 1.807) is 0 Å². The largest absolute Gasteiger partial charge is 0.348 e. The Labute approximate surface area is 163 Å². The maximum atomic E-state index is 12.5. The summed E-state index contributed by atoms with van der Waals surface area (Å²) in [5.74, 6) is 0.363. The van der Waals surface area contributed by atoms with Gasteiger partial charge in [0.1, 0.15) is 6.54 Å². The molecule has 0 aliphatic carbocycles. The number of nitrogens with zero attached hydrogens (tertiary/aromatic N) is 4. The van der Waals surface area contributed by atoms with Gasteiger partial charge < -0.3 is 5.32 Å². The smallest absolute Gasteiger partial charge is 0.244 e. The Bertz CT molecular complexity index is 1130. The Hall–Kier alpha value is -3.54. The molecule has 1 amide bonds. The van der Waals surface area contributed by atoms with Crippen molar-refractivity contribution in [2.75, 3.05) is 0 Å². The van der Waals surface area contributed by atoms with E-state index in [0.717, 1.165) is 27.5 Å². The van der Waals surface area contributed by atoms with E-state index >= 15 is 0 Å². The fourth-order valence-electron chi connectivity index (χ4n) is 3.36. The molecule has 0 aliphatic rings. The van der Waals surface area contributed by atoms with E-state index < -0.39 is 0 Å². The molecule has 6 nitrogen and oxygen atoms in total. The highest BCUT2D eigenvalue weighted by atomic mass is 16.2. The Morgan fingerprint density at radius 1 is 1.04 bits per heavy atom. The molecule has 28 heavy (non-hydrogen) atoms. The number of benzene rings is 3. The topological polar surface area (TPSA) is 72.7 Å². The predicted molar refractivity (Wildman–Crippen MR) is 108 cm³/mol. The maximum absolute atomic E-state index is 12.5. The van der Waals surface area contributed by atoms with Crippen molar-refractivity contribution < 1.29 is 4.79 Å². The van der Waals surface area contributed by atoms with Crippen molar-refractivity contribution in [3.63, 3.8) is 0 Å². The number of aryl methyl sites for hydroxylation is 1. The van der Waals surface area contributed by atoms with Crippen molar-refractivity contribution in [2.24, 2.45) is 0 Å². The van der Waals surface area contributed by atoms with Gasteiger partial charge in [0.2, 0.25) is 11.7 Å². The van der Waals surface area contributed by atoms with Crippen LogP contribution < -0.4 is 5.32 Å². The number of amides is 1. The summed E-state index contributed by atoms with van der Waals surface area (Å²) in [5.41, 5.74) is 3.06. The maximum Gasteiger partial charge on any atom is 0.244 e. The molecule has 0 spiro atoms. The number of fused-ring (bicyclic) bond motifs is 1. The first-order valence-electron chi connectivity index (χ1n) is 9.22. The SMILES string of the molecule is Cc1ccccc1-c1nnn(CC(=O)N[C@@H](C)c2cccc3ccccc23)n1. The van der Waals surface area contributed by atoms with E-state index in [1.165, 1.54) is 4.80 Å². The van der Waals surface area contributed by atoms with Crippen LogP contribution in [0.25, 0.3) is 22.2 Å². The fraction of sp³-hybridized carbons (Fsp3) is 0.182. The lowest BCUT2D eigenvalue weighted by Gasteiger charge is -2.16. The molecule has 6 heteroatoms. The van der Waals surface area contributed by atoms with Gasteiger partial charge in [-0.3, -0.25) is 4.79 Å². The molecular formula is C22H21N5O. The van der Waals surface area contributed by atoms with Crippen molar-refractivity contribution >= 4 is 16.7 Å². The van der Waals surface area contributed by atoms with E-state index in [4.69, 9.17) is 0 Å². The van der Waals surface area contributed by atoms with E-state index in [9.17, 15) is 4.79 Å². The van der Waals surface area contributed by atoms with Gasteiger partial charge in [0, 0.05) is 5.56 Å². The highest BCUT2D eigenvalue weighted by Crippen LogP contribution is 2.24. The van der Waals surface area contributed by atoms with E-state index in [1.807, 2.05) is 62.4 Å². The lowest BCUT2D eigenvalue weighted by Crippen LogP contribution is -2.31. The van der Waals surface area contributed by atoms with Crippen LogP contribution >= 0.6 is 0 Å². The van der Waals surface area contributed by atoms with Crippen LogP contribution in [0, 0.1) is 6.92 Å². The summed E-state index contributed by atoms with van der Waals surface area (Å²) in [4.78, 5) is 13.8. The standard InChI is InChI=1S/C22H21N5O/c1-15-8-3-5-11-18(15)22-24-26-27(25-22)14-21(28)23-16(2)19-13-7-10-17-9-4-6-12-20(17)19/h3-13,16H,14H2,1-2H3,(H,23,28)/t16-/m0/s1. The van der Waals surface area contributed by atoms with Gasteiger partial charge in [-0.1, -0.05) is 66.7 Å². The monoisotopic (exact) mass is 371 g/mol. The highest BCUT2D eigenvalue weighted by molar-refractivity contribution is 5.86. The van der Waals surface area contributed by atoms with E-state index in [0.29, 0.717) is 5.82 Å². The number of carbonyl (C=O) groups excluding carboxylic acids is 1. The molecule has 1 aromatic heterocycles. The van der Waals surface area contributed by atoms with Gasteiger partial charge in [0.05, 0.1) is 6.04 Å². The zero-order valence-electron chi connectivity index (χ0n) is 15.8. The van der Waals surface area contributed by atoms with Gasteiger partial charge in [-0.25, -0.2) is 0 Å². The van der Waals surface area contributed by atoms with Crippen LogP contribution in [0.5, 0.6) is 0 Å². The average Bonchev–Trinajstić information content (AvgIpc) is 3.15. The van der Waals surface area contributed by atoms with Crippen LogP contribution in [0.2, 0.25) is 0 Å². The van der Waals surface area contributed by atoms with E-state index in [2.05, 4.69) is 38.9 Å². The highest BCUT2D eigenvalue weighted by Gasteiger charge is 2.15. The summed E-state index contributed by atoms with van der Waals surface area (Å²) in [6.07, 6.45) is 0. The summed E-state index contributed by atoms with van der Waals surface area (Å²) < 4.78 is 0. The van der Waals surface area contributed by atoms with Gasteiger partial charge in [0.25, 0.3) is 0 Å². The zero-order chi connectivity index (χ0) is 19.5. The molecule has 0 fully saturated rings. The lowest BCUT2D eigenvalue weighted by molar-refractivity contribution is -0.122. The molecule has 0 unspecified atom stereocenters. The summed E-state index contributed by atoms with van der Waals surface area (Å²) >= 11 is 0. The van der Waals surface area contributed by atoms with Gasteiger partial charge in [-0.2, -0.15) is 4.80 Å². The molecule has 4 aromatic rings. The third-order valence-corrected chi connectivity index (χ3v) is 4.79. The van der Waals surface area contributed by atoms with Crippen molar-refractivity contribution in [2.45, 2.75) is 26.4 Å². The number of rotatable bonds is 5. The third kappa shape index (κ3) is 3.62. The molecule has 0 aliphatic heterocycles. The number of carbonyl (C=O) groups is 1. The Kier molecular flexibility index (Phi) is 4.85. The number of hydrogen-bond donors (Lipinski definition) is 1. The number of nitrogens with one attached hydrogen (secondary N) is 1. The van der Waals surface area contributed by atoms with Crippen molar-refractivity contribution in [1.82, 2.24) is 25.5 Å². The molecule has 1 atom stereocenters. The molecule has 0 saturated carbocycles. The second-order valence-electron chi connectivity index (χ2n) is 6.82. The van der Waals surface area contributed by atoms with Crippen molar-refractivity contribution in [1.29, 1.82) is 0 Å². The minimum Gasteiger partial charge on any atom is -0.348 e. The Balaban J connectivity index is 1.47. The predicted octanol–water partition coefficient (Wildman–Crippen LogP) is 3.68. The molecule has 0 radical (unpaired) electrons. The average molecular weight is 371 g/mol. The Morgan fingerprint density at radius 3 is 2.64 bits per heavy atom. The van der Waals surface area contributed by atoms with Crippen LogP contribution in [0.4, 0.5) is 0 Å². The van der Waals surface area contributed by atoms with Crippen molar-refractivity contribution in [3.05, 3.63) is 77.9 Å². The van der Waals surface area contributed by atoms with Crippen LogP contribution in [0.1, 0.15) is 24.1 Å². The Morgan fingerprint density at radius 2 is 1.79 bits per heavy atom. The molecule has 0 bridgehead atoms. The first-order chi connectivity index (χ1) is 13.6. The zero-order valence-corrected chi connectivity index (χ0v) is 15.8. The van der Waals surface area contributed by atoms with Gasteiger partial charge in [-0.05, 0) is 41.0 Å². The second kappa shape index (κ2) is 7.60. The van der Waals surface area contributed by atoms with Gasteiger partial charge in [-0.15, -0.1) is 10.2 Å². The first kappa shape index (κ1) is 17.9. The normalized spacial score (nSPS) is 12.1. The minimum absolute atomic E-state index is 0.0218. The summed E-state index contributed by atoms with van der Waals surface area (Å²) in [5, 5.41) is 17.8. The fourth-order valence-corrected chi connectivity index (χ4v) is 3.36. The summed E-state index contributed by atoms with van der Waals surface area (Å²) in [6, 6.07) is 22.0. The summed E-state index contributed by atoms with van der Waals surface area (Å²) in [7, 11) is 0. The molecular weight excluding hydrogens is 350 g/mol. The number of aromatic nitrogens is 4. The second-order valence-corrected chi connectivity index (χ2v) is 6.82.